The fraction of sp³-hybridized carbons (Fsp3) is 0.538. The number of anilines is 1. The van der Waals surface area contributed by atoms with Gasteiger partial charge in [-0.2, -0.15) is 0 Å². The average Bonchev–Trinajstić information content (AvgIpc) is 2.80. The van der Waals surface area contributed by atoms with Crippen molar-refractivity contribution in [2.24, 2.45) is 0 Å². The minimum absolute atomic E-state index is 0.247. The Morgan fingerprint density at radius 3 is 2.88 bits per heavy atom. The van der Waals surface area contributed by atoms with E-state index in [1.807, 2.05) is 12.3 Å². The number of Topliss-reactive ketones (excluding diaryl/α,β-unsaturated/α-hetero) is 1. The number of ketones is 1. The fourth-order valence-electron chi connectivity index (χ4n) is 2.15. The van der Waals surface area contributed by atoms with Gasteiger partial charge < -0.3 is 9.69 Å². The van der Waals surface area contributed by atoms with Crippen LogP contribution < -0.4 is 4.90 Å². The highest BCUT2D eigenvalue weighted by Crippen LogP contribution is 2.22. The zero-order valence-electron chi connectivity index (χ0n) is 9.78. The van der Waals surface area contributed by atoms with Crippen LogP contribution in [0, 0.1) is 0 Å². The third kappa shape index (κ3) is 2.60. The molecule has 2 rings (SSSR count). The van der Waals surface area contributed by atoms with E-state index in [9.17, 15) is 4.79 Å². The summed E-state index contributed by atoms with van der Waals surface area (Å²) in [7, 11) is 0. The quantitative estimate of drug-likeness (QED) is 0.776. The second-order valence-electron chi connectivity index (χ2n) is 4.38. The zero-order chi connectivity index (χ0) is 11.4. The van der Waals surface area contributed by atoms with E-state index in [0.717, 1.165) is 25.3 Å². The lowest BCUT2D eigenvalue weighted by atomic mass is 10.1. The van der Waals surface area contributed by atoms with Crippen LogP contribution >= 0.6 is 0 Å². The monoisotopic (exact) mass is 218 g/mol. The first-order valence-corrected chi connectivity index (χ1v) is 5.95. The van der Waals surface area contributed by atoms with Crippen LogP contribution in [0.25, 0.3) is 0 Å². The minimum atomic E-state index is 0.247. The Balaban J connectivity index is 2.13. The maximum absolute atomic E-state index is 11.0. The molecule has 16 heavy (non-hydrogen) atoms. The van der Waals surface area contributed by atoms with Crippen molar-refractivity contribution >= 4 is 11.6 Å². The Morgan fingerprint density at radius 1 is 1.44 bits per heavy atom. The summed E-state index contributed by atoms with van der Waals surface area (Å²) >= 11 is 0. The van der Waals surface area contributed by atoms with Gasteiger partial charge in [-0.15, -0.1) is 0 Å². The highest BCUT2D eigenvalue weighted by atomic mass is 16.1. The molecule has 0 spiro atoms. The molecule has 0 amide bonds. The molecule has 86 valence electrons. The summed E-state index contributed by atoms with van der Waals surface area (Å²) in [5.41, 5.74) is 1.21. The summed E-state index contributed by atoms with van der Waals surface area (Å²) in [6, 6.07) is 4.04. The van der Waals surface area contributed by atoms with E-state index in [0.29, 0.717) is 6.42 Å². The maximum Gasteiger partial charge on any atom is 0.131 e. The number of pyridine rings is 1. The van der Waals surface area contributed by atoms with Gasteiger partial charge in [-0.3, -0.25) is 0 Å². The van der Waals surface area contributed by atoms with Crippen molar-refractivity contribution in [3.05, 3.63) is 23.9 Å². The molecule has 2 heterocycles. The number of rotatable bonds is 4. The molecule has 0 saturated carbocycles. The minimum Gasteiger partial charge on any atom is -0.356 e. The van der Waals surface area contributed by atoms with Crippen LogP contribution in [0.3, 0.4) is 0 Å². The summed E-state index contributed by atoms with van der Waals surface area (Å²) in [4.78, 5) is 17.8. The van der Waals surface area contributed by atoms with E-state index in [1.165, 1.54) is 18.4 Å². The van der Waals surface area contributed by atoms with Gasteiger partial charge in [-0.1, -0.05) is 6.07 Å². The summed E-state index contributed by atoms with van der Waals surface area (Å²) in [6.07, 6.45) is 5.78. The molecule has 1 aliphatic heterocycles. The maximum atomic E-state index is 11.0. The largest absolute Gasteiger partial charge is 0.356 e. The smallest absolute Gasteiger partial charge is 0.131 e. The molecule has 3 nitrogen and oxygen atoms in total. The van der Waals surface area contributed by atoms with Gasteiger partial charge in [0.05, 0.1) is 0 Å². The van der Waals surface area contributed by atoms with Crippen LogP contribution in [-0.4, -0.2) is 23.9 Å². The normalized spacial score (nSPS) is 15.4. The van der Waals surface area contributed by atoms with Crippen molar-refractivity contribution in [1.82, 2.24) is 4.98 Å². The Labute approximate surface area is 96.5 Å². The van der Waals surface area contributed by atoms with E-state index in [2.05, 4.69) is 16.0 Å². The molecule has 3 heteroatoms. The number of carbonyl (C=O) groups is 1. The molecular weight excluding hydrogens is 200 g/mol. The van der Waals surface area contributed by atoms with Crippen LogP contribution in [0.15, 0.2) is 18.3 Å². The van der Waals surface area contributed by atoms with E-state index >= 15 is 0 Å². The van der Waals surface area contributed by atoms with E-state index in [4.69, 9.17) is 0 Å². The lowest BCUT2D eigenvalue weighted by Crippen LogP contribution is -2.20. The van der Waals surface area contributed by atoms with Gasteiger partial charge in [0.2, 0.25) is 0 Å². The van der Waals surface area contributed by atoms with E-state index in [-0.39, 0.29) is 5.78 Å². The highest BCUT2D eigenvalue weighted by Gasteiger charge is 2.16. The van der Waals surface area contributed by atoms with Crippen LogP contribution in [0.1, 0.15) is 31.7 Å². The van der Waals surface area contributed by atoms with Crippen molar-refractivity contribution < 1.29 is 4.79 Å². The first kappa shape index (κ1) is 11.1. The predicted molar refractivity (Wildman–Crippen MR) is 64.7 cm³/mol. The van der Waals surface area contributed by atoms with Crippen LogP contribution in [-0.2, 0) is 11.2 Å². The number of nitrogens with zero attached hydrogens (tertiary/aromatic N) is 2. The molecule has 1 aromatic rings. The topological polar surface area (TPSA) is 33.2 Å². The molecule has 0 radical (unpaired) electrons. The van der Waals surface area contributed by atoms with Crippen molar-refractivity contribution in [2.45, 2.75) is 32.6 Å². The van der Waals surface area contributed by atoms with Gasteiger partial charge >= 0.3 is 0 Å². The molecule has 1 fully saturated rings. The molecule has 0 aromatic carbocycles. The second kappa shape index (κ2) is 5.10. The van der Waals surface area contributed by atoms with Gasteiger partial charge in [0.1, 0.15) is 11.6 Å². The van der Waals surface area contributed by atoms with Gasteiger partial charge in [0.25, 0.3) is 0 Å². The van der Waals surface area contributed by atoms with Crippen molar-refractivity contribution in [1.29, 1.82) is 0 Å². The zero-order valence-corrected chi connectivity index (χ0v) is 9.78. The first-order chi connectivity index (χ1) is 7.77. The van der Waals surface area contributed by atoms with Crippen molar-refractivity contribution in [3.8, 4) is 0 Å². The van der Waals surface area contributed by atoms with Gasteiger partial charge in [0, 0.05) is 25.7 Å². The molecule has 1 aromatic heterocycles. The number of aryl methyl sites for hydroxylation is 1. The third-order valence-corrected chi connectivity index (χ3v) is 3.02. The number of hydrogen-bond acceptors (Lipinski definition) is 3. The van der Waals surface area contributed by atoms with E-state index in [1.54, 1.807) is 6.92 Å². The predicted octanol–water partition coefficient (Wildman–Crippen LogP) is 2.20. The van der Waals surface area contributed by atoms with Crippen LogP contribution in [0.4, 0.5) is 5.82 Å². The van der Waals surface area contributed by atoms with E-state index < -0.39 is 0 Å². The SMILES string of the molecule is CC(=O)CCc1cccnc1N1CCCC1. The molecule has 0 bridgehead atoms. The molecule has 0 atom stereocenters. The Hall–Kier alpha value is -1.38. The Kier molecular flexibility index (Phi) is 3.54. The van der Waals surface area contributed by atoms with Crippen LogP contribution in [0.2, 0.25) is 0 Å². The molecule has 1 saturated heterocycles. The first-order valence-electron chi connectivity index (χ1n) is 5.95. The molecule has 0 N–H and O–H groups in total. The fourth-order valence-corrected chi connectivity index (χ4v) is 2.15. The molecular formula is C13H18N2O. The summed E-state index contributed by atoms with van der Waals surface area (Å²) in [5.74, 6) is 1.33. The summed E-state index contributed by atoms with van der Waals surface area (Å²) in [6.45, 7) is 3.85. The van der Waals surface area contributed by atoms with Gasteiger partial charge in [-0.25, -0.2) is 4.98 Å². The Bertz CT molecular complexity index is 370. The molecule has 0 unspecified atom stereocenters. The second-order valence-corrected chi connectivity index (χ2v) is 4.38. The average molecular weight is 218 g/mol. The van der Waals surface area contributed by atoms with Gasteiger partial charge in [0.15, 0.2) is 0 Å². The molecule has 0 aliphatic carbocycles. The van der Waals surface area contributed by atoms with Crippen molar-refractivity contribution in [2.75, 3.05) is 18.0 Å². The lowest BCUT2D eigenvalue weighted by molar-refractivity contribution is -0.116. The van der Waals surface area contributed by atoms with Crippen LogP contribution in [0.5, 0.6) is 0 Å². The third-order valence-electron chi connectivity index (χ3n) is 3.02. The van der Waals surface area contributed by atoms with Crippen molar-refractivity contribution in [3.63, 3.8) is 0 Å². The van der Waals surface area contributed by atoms with Gasteiger partial charge in [-0.05, 0) is 37.8 Å². The number of aromatic nitrogens is 1. The number of carbonyl (C=O) groups excluding carboxylic acids is 1. The standard InChI is InChI=1S/C13H18N2O/c1-11(16)6-7-12-5-4-8-14-13(12)15-9-2-3-10-15/h4-5,8H,2-3,6-7,9-10H2,1H3. The molecule has 1 aliphatic rings. The summed E-state index contributed by atoms with van der Waals surface area (Å²) in [5, 5.41) is 0. The lowest BCUT2D eigenvalue weighted by Gasteiger charge is -2.19. The Morgan fingerprint density at radius 2 is 2.19 bits per heavy atom. The summed E-state index contributed by atoms with van der Waals surface area (Å²) < 4.78 is 0. The highest BCUT2D eigenvalue weighted by molar-refractivity contribution is 5.76. The number of hydrogen-bond donors (Lipinski definition) is 0.